The summed E-state index contributed by atoms with van der Waals surface area (Å²) in [6, 6.07) is 11.1. The highest BCUT2D eigenvalue weighted by Crippen LogP contribution is 2.35. The van der Waals surface area contributed by atoms with Crippen LogP contribution in [0.1, 0.15) is 18.4 Å². The summed E-state index contributed by atoms with van der Waals surface area (Å²) in [5, 5.41) is 7.71. The van der Waals surface area contributed by atoms with E-state index in [1.807, 2.05) is 0 Å². The van der Waals surface area contributed by atoms with Crippen molar-refractivity contribution < 1.29 is 14.1 Å². The lowest BCUT2D eigenvalue weighted by Crippen LogP contribution is -2.41. The molecule has 0 radical (unpaired) electrons. The fourth-order valence-corrected chi connectivity index (χ4v) is 3.94. The van der Waals surface area contributed by atoms with Crippen molar-refractivity contribution in [2.24, 2.45) is 0 Å². The first-order valence-electron chi connectivity index (χ1n) is 8.47. The number of carbonyl (C=O) groups excluding carboxylic acids is 2. The summed E-state index contributed by atoms with van der Waals surface area (Å²) in [6.07, 6.45) is 0. The Kier molecular flexibility index (Phi) is 4.98. The van der Waals surface area contributed by atoms with Crippen molar-refractivity contribution in [2.45, 2.75) is 19.0 Å². The molecule has 2 heterocycles. The molecule has 0 bridgehead atoms. The average Bonchev–Trinajstić information content (AvgIpc) is 3.21. The average molecular weight is 452 g/mol. The van der Waals surface area contributed by atoms with Crippen LogP contribution < -0.4 is 5.32 Å². The zero-order valence-electron chi connectivity index (χ0n) is 14.9. The summed E-state index contributed by atoms with van der Waals surface area (Å²) in [7, 11) is 0. The second kappa shape index (κ2) is 7.33. The smallest absolute Gasteiger partial charge is 0.325 e. The molecule has 1 unspecified atom stereocenters. The van der Waals surface area contributed by atoms with Crippen molar-refractivity contribution in [3.8, 4) is 11.4 Å². The lowest BCUT2D eigenvalue weighted by atomic mass is 9.92. The van der Waals surface area contributed by atoms with E-state index in [0.29, 0.717) is 21.2 Å². The van der Waals surface area contributed by atoms with Crippen LogP contribution in [0.15, 0.2) is 47.0 Å². The van der Waals surface area contributed by atoms with Crippen LogP contribution in [0.2, 0.25) is 15.1 Å². The molecule has 1 aliphatic rings. The predicted molar refractivity (Wildman–Crippen MR) is 108 cm³/mol. The Bertz CT molecular complexity index is 1130. The Labute approximate surface area is 180 Å². The van der Waals surface area contributed by atoms with Crippen LogP contribution in [0.3, 0.4) is 0 Å². The molecule has 2 aromatic carbocycles. The molecule has 148 valence electrons. The third-order valence-electron chi connectivity index (χ3n) is 4.62. The molecule has 4 rings (SSSR count). The van der Waals surface area contributed by atoms with Gasteiger partial charge in [-0.1, -0.05) is 58.2 Å². The molecule has 1 aromatic heterocycles. The molecule has 1 atom stereocenters. The first-order valence-corrected chi connectivity index (χ1v) is 9.60. The number of rotatable bonds is 4. The number of nitrogens with zero attached hydrogens (tertiary/aromatic N) is 3. The predicted octanol–water partition coefficient (Wildman–Crippen LogP) is 4.66. The molecule has 3 aromatic rings. The van der Waals surface area contributed by atoms with Crippen LogP contribution in [0.5, 0.6) is 0 Å². The van der Waals surface area contributed by atoms with Crippen molar-refractivity contribution >= 4 is 46.7 Å². The van der Waals surface area contributed by atoms with Crippen molar-refractivity contribution in [1.29, 1.82) is 0 Å². The van der Waals surface area contributed by atoms with Gasteiger partial charge >= 0.3 is 6.03 Å². The molecule has 10 heteroatoms. The number of hydrogen-bond acceptors (Lipinski definition) is 5. The SMILES string of the molecule is CC1(c2ccc(Cl)cc2Cl)NC(=O)N(Cc2nc(-c3ccccc3Cl)no2)C1=O. The van der Waals surface area contributed by atoms with E-state index in [2.05, 4.69) is 15.5 Å². The van der Waals surface area contributed by atoms with E-state index in [1.54, 1.807) is 43.3 Å². The quantitative estimate of drug-likeness (QED) is 0.583. The molecule has 0 spiro atoms. The molecule has 1 aliphatic heterocycles. The summed E-state index contributed by atoms with van der Waals surface area (Å²) in [4.78, 5) is 30.8. The van der Waals surface area contributed by atoms with Crippen LogP contribution >= 0.6 is 34.8 Å². The topological polar surface area (TPSA) is 88.3 Å². The minimum Gasteiger partial charge on any atom is -0.337 e. The maximum Gasteiger partial charge on any atom is 0.325 e. The second-order valence-corrected chi connectivity index (χ2v) is 7.81. The van der Waals surface area contributed by atoms with Gasteiger partial charge in [-0.2, -0.15) is 4.98 Å². The van der Waals surface area contributed by atoms with E-state index in [-0.39, 0.29) is 23.3 Å². The van der Waals surface area contributed by atoms with Crippen LogP contribution in [-0.4, -0.2) is 27.0 Å². The number of imide groups is 1. The standard InChI is InChI=1S/C19H13Cl3N4O3/c1-19(12-7-6-10(20)8-14(12)22)17(27)26(18(28)24-19)9-15-23-16(25-29-15)11-4-2-3-5-13(11)21/h2-8H,9H2,1H3,(H,24,28). The fraction of sp³-hybridized carbons (Fsp3) is 0.158. The van der Waals surface area contributed by atoms with Gasteiger partial charge < -0.3 is 9.84 Å². The zero-order valence-corrected chi connectivity index (χ0v) is 17.2. The molecular formula is C19H13Cl3N4O3. The minimum absolute atomic E-state index is 0.0925. The number of urea groups is 1. The van der Waals surface area contributed by atoms with Gasteiger partial charge in [0, 0.05) is 21.2 Å². The summed E-state index contributed by atoms with van der Waals surface area (Å²) in [5.41, 5.74) is -0.324. The molecule has 0 saturated carbocycles. The van der Waals surface area contributed by atoms with Crippen LogP contribution in [0.25, 0.3) is 11.4 Å². The van der Waals surface area contributed by atoms with Gasteiger partial charge in [0.15, 0.2) is 0 Å². The molecule has 1 fully saturated rings. The first-order chi connectivity index (χ1) is 13.8. The van der Waals surface area contributed by atoms with E-state index >= 15 is 0 Å². The molecule has 1 N–H and O–H groups in total. The second-order valence-electron chi connectivity index (χ2n) is 6.56. The van der Waals surface area contributed by atoms with Gasteiger partial charge in [-0.05, 0) is 31.2 Å². The number of amides is 3. The molecular weight excluding hydrogens is 439 g/mol. The Morgan fingerprint density at radius 3 is 2.59 bits per heavy atom. The van der Waals surface area contributed by atoms with Gasteiger partial charge in [-0.15, -0.1) is 0 Å². The summed E-state index contributed by atoms with van der Waals surface area (Å²) >= 11 is 18.3. The van der Waals surface area contributed by atoms with Gasteiger partial charge in [-0.25, -0.2) is 4.79 Å². The number of hydrogen-bond donors (Lipinski definition) is 1. The monoisotopic (exact) mass is 450 g/mol. The van der Waals surface area contributed by atoms with Crippen LogP contribution in [0, 0.1) is 0 Å². The third-order valence-corrected chi connectivity index (χ3v) is 5.50. The molecule has 3 amide bonds. The van der Waals surface area contributed by atoms with Gasteiger partial charge in [0.2, 0.25) is 11.7 Å². The molecule has 29 heavy (non-hydrogen) atoms. The normalized spacial score (nSPS) is 19.0. The number of carbonyl (C=O) groups is 2. The largest absolute Gasteiger partial charge is 0.337 e. The van der Waals surface area contributed by atoms with Crippen LogP contribution in [-0.2, 0) is 16.9 Å². The van der Waals surface area contributed by atoms with E-state index in [9.17, 15) is 9.59 Å². The van der Waals surface area contributed by atoms with Crippen molar-refractivity contribution in [1.82, 2.24) is 20.4 Å². The van der Waals surface area contributed by atoms with E-state index in [4.69, 9.17) is 39.3 Å². The zero-order chi connectivity index (χ0) is 20.8. The Morgan fingerprint density at radius 2 is 1.86 bits per heavy atom. The summed E-state index contributed by atoms with van der Waals surface area (Å²) in [6.45, 7) is 1.38. The van der Waals surface area contributed by atoms with Crippen LogP contribution in [0.4, 0.5) is 4.79 Å². The van der Waals surface area contributed by atoms with E-state index in [0.717, 1.165) is 4.90 Å². The number of aromatic nitrogens is 2. The summed E-state index contributed by atoms with van der Waals surface area (Å²) < 4.78 is 5.21. The highest BCUT2D eigenvalue weighted by Gasteiger charge is 2.50. The number of halogens is 3. The van der Waals surface area contributed by atoms with Gasteiger partial charge in [-0.3, -0.25) is 9.69 Å². The highest BCUT2D eigenvalue weighted by atomic mass is 35.5. The highest BCUT2D eigenvalue weighted by molar-refractivity contribution is 6.35. The van der Waals surface area contributed by atoms with Gasteiger partial charge in [0.25, 0.3) is 5.91 Å². The first kappa shape index (κ1) is 19.7. The lowest BCUT2D eigenvalue weighted by Gasteiger charge is -2.23. The maximum absolute atomic E-state index is 13.1. The summed E-state index contributed by atoms with van der Waals surface area (Å²) in [5.74, 6) is -0.139. The molecule has 1 saturated heterocycles. The van der Waals surface area contributed by atoms with Gasteiger partial charge in [0.1, 0.15) is 12.1 Å². The Hall–Kier alpha value is -2.61. The van der Waals surface area contributed by atoms with Crippen molar-refractivity contribution in [3.05, 3.63) is 69.0 Å². The van der Waals surface area contributed by atoms with Gasteiger partial charge in [0.05, 0.1) is 5.02 Å². The van der Waals surface area contributed by atoms with E-state index < -0.39 is 17.5 Å². The molecule has 0 aliphatic carbocycles. The Morgan fingerprint density at radius 1 is 1.10 bits per heavy atom. The fourth-order valence-electron chi connectivity index (χ4n) is 3.12. The third kappa shape index (κ3) is 3.46. The maximum atomic E-state index is 13.1. The molecule has 7 nitrogen and oxygen atoms in total. The minimum atomic E-state index is -1.34. The van der Waals surface area contributed by atoms with E-state index in [1.165, 1.54) is 6.07 Å². The number of nitrogens with one attached hydrogen (secondary N) is 1. The van der Waals surface area contributed by atoms with Crippen molar-refractivity contribution in [3.63, 3.8) is 0 Å². The number of benzene rings is 2. The van der Waals surface area contributed by atoms with Crippen molar-refractivity contribution in [2.75, 3.05) is 0 Å². The Balaban J connectivity index is 1.60. The lowest BCUT2D eigenvalue weighted by molar-refractivity contribution is -0.131.